The van der Waals surface area contributed by atoms with Gasteiger partial charge in [0.15, 0.2) is 6.61 Å². The second-order valence-corrected chi connectivity index (χ2v) is 2.32. The van der Waals surface area contributed by atoms with Gasteiger partial charge in [0.25, 0.3) is 0 Å². The van der Waals surface area contributed by atoms with Gasteiger partial charge in [0.1, 0.15) is 6.07 Å². The van der Waals surface area contributed by atoms with Crippen LogP contribution in [0.2, 0.25) is 0 Å². The van der Waals surface area contributed by atoms with Crippen molar-refractivity contribution < 1.29 is 9.53 Å². The van der Waals surface area contributed by atoms with E-state index < -0.39 is 5.97 Å². The van der Waals surface area contributed by atoms with E-state index in [9.17, 15) is 4.79 Å². The van der Waals surface area contributed by atoms with Crippen molar-refractivity contribution in [2.45, 2.75) is 6.92 Å². The van der Waals surface area contributed by atoms with Crippen molar-refractivity contribution in [1.82, 2.24) is 10.2 Å². The highest BCUT2D eigenvalue weighted by atomic mass is 16.5. The number of ether oxygens (including phenoxy) is 1. The molecule has 5 nitrogen and oxygen atoms in total. The summed E-state index contributed by atoms with van der Waals surface area (Å²) >= 11 is 0. The zero-order valence-electron chi connectivity index (χ0n) is 7.02. The smallest absolute Gasteiger partial charge is 0.340 e. The number of nitriles is 1. The van der Waals surface area contributed by atoms with Crippen LogP contribution in [0.5, 0.6) is 0 Å². The van der Waals surface area contributed by atoms with Crippen molar-refractivity contribution in [3.8, 4) is 6.07 Å². The van der Waals surface area contributed by atoms with Crippen LogP contribution < -0.4 is 0 Å². The summed E-state index contributed by atoms with van der Waals surface area (Å²) < 4.78 is 4.56. The molecule has 66 valence electrons. The molecule has 5 heteroatoms. The van der Waals surface area contributed by atoms with Crippen molar-refractivity contribution in [2.24, 2.45) is 0 Å². The fourth-order valence-electron chi connectivity index (χ4n) is 0.766. The molecule has 0 fully saturated rings. The number of nitrogens with zero attached hydrogens (tertiary/aromatic N) is 3. The lowest BCUT2D eigenvalue weighted by Crippen LogP contribution is -2.06. The summed E-state index contributed by atoms with van der Waals surface area (Å²) in [4.78, 5) is 11.1. The number of aryl methyl sites for hydroxylation is 1. The van der Waals surface area contributed by atoms with Crippen LogP contribution in [0.15, 0.2) is 12.3 Å². The van der Waals surface area contributed by atoms with Gasteiger partial charge >= 0.3 is 5.97 Å². The minimum absolute atomic E-state index is 0.250. The first-order valence-electron chi connectivity index (χ1n) is 3.57. The predicted octanol–water partition coefficient (Wildman–Crippen LogP) is 0.465. The summed E-state index contributed by atoms with van der Waals surface area (Å²) in [5.41, 5.74) is 0.939. The number of hydrogen-bond acceptors (Lipinski definition) is 5. The van der Waals surface area contributed by atoms with Crippen LogP contribution in [0.25, 0.3) is 0 Å². The molecule has 0 spiro atoms. The Morgan fingerprint density at radius 3 is 3.15 bits per heavy atom. The summed E-state index contributed by atoms with van der Waals surface area (Å²) in [7, 11) is 0. The Morgan fingerprint density at radius 1 is 1.77 bits per heavy atom. The van der Waals surface area contributed by atoms with E-state index in [1.807, 2.05) is 0 Å². The van der Waals surface area contributed by atoms with Gasteiger partial charge in [-0.2, -0.15) is 15.5 Å². The molecule has 0 unspecified atom stereocenters. The summed E-state index contributed by atoms with van der Waals surface area (Å²) in [6.45, 7) is 1.47. The van der Waals surface area contributed by atoms with Gasteiger partial charge in [-0.1, -0.05) is 0 Å². The fourth-order valence-corrected chi connectivity index (χ4v) is 0.766. The Morgan fingerprint density at radius 2 is 2.54 bits per heavy atom. The zero-order chi connectivity index (χ0) is 9.68. The molecule has 0 radical (unpaired) electrons. The first-order chi connectivity index (χ1) is 6.24. The van der Waals surface area contributed by atoms with Gasteiger partial charge in [-0.25, -0.2) is 4.79 Å². The van der Waals surface area contributed by atoms with E-state index in [1.165, 1.54) is 6.20 Å². The van der Waals surface area contributed by atoms with Crippen molar-refractivity contribution in [2.75, 3.05) is 6.61 Å². The maximum absolute atomic E-state index is 11.1. The van der Waals surface area contributed by atoms with Gasteiger partial charge in [-0.3, -0.25) is 0 Å². The molecule has 13 heavy (non-hydrogen) atoms. The molecule has 0 atom stereocenters. The van der Waals surface area contributed by atoms with Gasteiger partial charge in [0.05, 0.1) is 17.5 Å². The lowest BCUT2D eigenvalue weighted by atomic mass is 10.3. The third-order valence-electron chi connectivity index (χ3n) is 1.28. The second-order valence-electron chi connectivity index (χ2n) is 2.32. The predicted molar refractivity (Wildman–Crippen MR) is 42.7 cm³/mol. The molecule has 1 heterocycles. The van der Waals surface area contributed by atoms with Crippen LogP contribution in [0.1, 0.15) is 16.1 Å². The second kappa shape index (κ2) is 4.16. The average molecular weight is 177 g/mol. The molecule has 0 aliphatic carbocycles. The molecule has 0 amide bonds. The average Bonchev–Trinajstić information content (AvgIpc) is 2.14. The number of aromatic nitrogens is 2. The Labute approximate surface area is 75.0 Å². The van der Waals surface area contributed by atoms with Gasteiger partial charge in [0.2, 0.25) is 0 Å². The van der Waals surface area contributed by atoms with Crippen molar-refractivity contribution in [1.29, 1.82) is 5.26 Å². The van der Waals surface area contributed by atoms with Crippen LogP contribution in [-0.4, -0.2) is 22.8 Å². The summed E-state index contributed by atoms with van der Waals surface area (Å²) in [6.07, 6.45) is 1.30. The topological polar surface area (TPSA) is 75.9 Å². The number of hydrogen-bond donors (Lipinski definition) is 0. The monoisotopic (exact) mass is 177 g/mol. The molecule has 0 bridgehead atoms. The summed E-state index contributed by atoms with van der Waals surface area (Å²) in [5.74, 6) is -0.556. The number of carbonyl (C=O) groups is 1. The van der Waals surface area contributed by atoms with E-state index in [-0.39, 0.29) is 6.61 Å². The van der Waals surface area contributed by atoms with Gasteiger partial charge in [0, 0.05) is 0 Å². The molecule has 1 aromatic rings. The highest BCUT2D eigenvalue weighted by molar-refractivity contribution is 5.89. The van der Waals surface area contributed by atoms with E-state index >= 15 is 0 Å². The van der Waals surface area contributed by atoms with Crippen molar-refractivity contribution >= 4 is 5.97 Å². The largest absolute Gasteiger partial charge is 0.447 e. The van der Waals surface area contributed by atoms with E-state index in [1.54, 1.807) is 19.1 Å². The summed E-state index contributed by atoms with van der Waals surface area (Å²) in [5, 5.41) is 15.4. The first kappa shape index (κ1) is 9.13. The third-order valence-corrected chi connectivity index (χ3v) is 1.28. The zero-order valence-corrected chi connectivity index (χ0v) is 7.02. The Hall–Kier alpha value is -1.96. The molecule has 0 N–H and O–H groups in total. The van der Waals surface area contributed by atoms with Crippen molar-refractivity contribution in [3.63, 3.8) is 0 Å². The third kappa shape index (κ3) is 2.52. The standard InChI is InChI=1S/C8H7N3O2/c1-6-4-7(5-10-11-6)8(12)13-3-2-9/h4-5H,3H2,1H3. The SMILES string of the molecule is Cc1cc(C(=O)OCC#N)cnn1. The quantitative estimate of drug-likeness (QED) is 0.613. The van der Waals surface area contributed by atoms with Crippen LogP contribution in [-0.2, 0) is 4.74 Å². The van der Waals surface area contributed by atoms with Gasteiger partial charge in [-0.05, 0) is 13.0 Å². The molecule has 0 saturated carbocycles. The molecule has 0 aromatic carbocycles. The fraction of sp³-hybridized carbons (Fsp3) is 0.250. The Balaban J connectivity index is 2.72. The minimum atomic E-state index is -0.556. The molecule has 0 aliphatic heterocycles. The number of rotatable bonds is 2. The Bertz CT molecular complexity index is 357. The van der Waals surface area contributed by atoms with Gasteiger partial charge in [-0.15, -0.1) is 0 Å². The Kier molecular flexibility index (Phi) is 2.92. The van der Waals surface area contributed by atoms with E-state index in [0.717, 1.165) is 0 Å². The van der Waals surface area contributed by atoms with E-state index in [0.29, 0.717) is 11.3 Å². The molecule has 1 aromatic heterocycles. The number of carbonyl (C=O) groups excluding carboxylic acids is 1. The molecule has 1 rings (SSSR count). The first-order valence-corrected chi connectivity index (χ1v) is 3.57. The molecular formula is C8H7N3O2. The minimum Gasteiger partial charge on any atom is -0.447 e. The van der Waals surface area contributed by atoms with Crippen LogP contribution in [0, 0.1) is 18.3 Å². The van der Waals surface area contributed by atoms with E-state index in [2.05, 4.69) is 14.9 Å². The molecular weight excluding hydrogens is 170 g/mol. The van der Waals surface area contributed by atoms with Crippen LogP contribution in [0.4, 0.5) is 0 Å². The highest BCUT2D eigenvalue weighted by Crippen LogP contribution is 2.00. The van der Waals surface area contributed by atoms with Gasteiger partial charge < -0.3 is 4.74 Å². The van der Waals surface area contributed by atoms with Crippen LogP contribution >= 0.6 is 0 Å². The maximum Gasteiger partial charge on any atom is 0.340 e. The normalized spacial score (nSPS) is 8.92. The summed E-state index contributed by atoms with van der Waals surface area (Å²) in [6, 6.07) is 3.25. The van der Waals surface area contributed by atoms with Crippen molar-refractivity contribution in [3.05, 3.63) is 23.5 Å². The number of esters is 1. The molecule has 0 saturated heterocycles. The highest BCUT2D eigenvalue weighted by Gasteiger charge is 2.06. The van der Waals surface area contributed by atoms with E-state index in [4.69, 9.17) is 5.26 Å². The lowest BCUT2D eigenvalue weighted by molar-refractivity contribution is 0.0554. The molecule has 0 aliphatic rings. The lowest BCUT2D eigenvalue weighted by Gasteiger charge is -1.99. The van der Waals surface area contributed by atoms with Crippen LogP contribution in [0.3, 0.4) is 0 Å². The maximum atomic E-state index is 11.1.